The molecule has 1 N–H and O–H groups in total. The number of rotatable bonds is 6. The molecule has 0 saturated carbocycles. The third kappa shape index (κ3) is 3.94. The van der Waals surface area contributed by atoms with Gasteiger partial charge in [0.2, 0.25) is 0 Å². The van der Waals surface area contributed by atoms with Crippen LogP contribution in [0.4, 0.5) is 0 Å². The van der Waals surface area contributed by atoms with Gasteiger partial charge in [-0.1, -0.05) is 13.8 Å². The third-order valence-corrected chi connectivity index (χ3v) is 1.97. The van der Waals surface area contributed by atoms with Crippen molar-refractivity contribution in [2.75, 3.05) is 6.61 Å². The molecule has 1 rings (SSSR count). The second-order valence-electron chi connectivity index (χ2n) is 3.69. The van der Waals surface area contributed by atoms with Gasteiger partial charge in [0.1, 0.15) is 6.73 Å². The maximum atomic E-state index is 5.30. The van der Waals surface area contributed by atoms with Crippen molar-refractivity contribution in [1.29, 1.82) is 0 Å². The molecule has 1 aromatic rings. The van der Waals surface area contributed by atoms with Crippen molar-refractivity contribution >= 4 is 0 Å². The van der Waals surface area contributed by atoms with Crippen LogP contribution in [0.15, 0.2) is 18.5 Å². The van der Waals surface area contributed by atoms with Crippen molar-refractivity contribution in [3.63, 3.8) is 0 Å². The maximum Gasteiger partial charge on any atom is 0.122 e. The zero-order valence-corrected chi connectivity index (χ0v) is 9.29. The molecule has 0 aliphatic rings. The summed E-state index contributed by atoms with van der Waals surface area (Å²) in [4.78, 5) is 0. The summed E-state index contributed by atoms with van der Waals surface area (Å²) in [5, 5.41) is 3.38. The highest BCUT2D eigenvalue weighted by Gasteiger charge is 1.97. The van der Waals surface area contributed by atoms with Crippen LogP contribution in [0.2, 0.25) is 0 Å². The van der Waals surface area contributed by atoms with E-state index in [-0.39, 0.29) is 0 Å². The van der Waals surface area contributed by atoms with E-state index >= 15 is 0 Å². The minimum absolute atomic E-state index is 0.533. The van der Waals surface area contributed by atoms with E-state index in [1.807, 2.05) is 13.1 Å². The quantitative estimate of drug-likeness (QED) is 0.753. The Morgan fingerprint density at radius 1 is 1.50 bits per heavy atom. The molecule has 0 radical (unpaired) electrons. The van der Waals surface area contributed by atoms with Crippen LogP contribution in [0.3, 0.4) is 0 Å². The largest absolute Gasteiger partial charge is 0.361 e. The van der Waals surface area contributed by atoms with E-state index in [1.165, 1.54) is 5.56 Å². The fourth-order valence-electron chi connectivity index (χ4n) is 1.19. The molecule has 0 spiro atoms. The zero-order valence-electron chi connectivity index (χ0n) is 9.29. The van der Waals surface area contributed by atoms with Gasteiger partial charge in [-0.05, 0) is 18.6 Å². The average molecular weight is 196 g/mol. The van der Waals surface area contributed by atoms with Gasteiger partial charge in [-0.25, -0.2) is 0 Å². The number of hydrogen-bond donors (Lipinski definition) is 1. The standard InChI is InChI=1S/C11H20N2O/c1-4-14-9-13-6-5-11(8-13)7-12-10(2)3/h5-6,8,10,12H,4,7,9H2,1-3H3. The summed E-state index contributed by atoms with van der Waals surface area (Å²) in [6, 6.07) is 2.65. The molecule has 0 aromatic carbocycles. The van der Waals surface area contributed by atoms with Crippen LogP contribution >= 0.6 is 0 Å². The van der Waals surface area contributed by atoms with E-state index in [0.29, 0.717) is 12.8 Å². The molecule has 0 saturated heterocycles. The monoisotopic (exact) mass is 196 g/mol. The predicted octanol–water partition coefficient (Wildman–Crippen LogP) is 1.98. The Balaban J connectivity index is 2.35. The van der Waals surface area contributed by atoms with Crippen LogP contribution in [0, 0.1) is 0 Å². The first-order valence-corrected chi connectivity index (χ1v) is 5.18. The van der Waals surface area contributed by atoms with Gasteiger partial charge < -0.3 is 14.6 Å². The molecule has 0 amide bonds. The van der Waals surface area contributed by atoms with E-state index in [4.69, 9.17) is 4.74 Å². The van der Waals surface area contributed by atoms with Gasteiger partial charge in [0, 0.05) is 31.6 Å². The Morgan fingerprint density at radius 3 is 2.93 bits per heavy atom. The van der Waals surface area contributed by atoms with E-state index in [1.54, 1.807) is 0 Å². The van der Waals surface area contributed by atoms with Crippen LogP contribution < -0.4 is 5.32 Å². The molecule has 3 nitrogen and oxygen atoms in total. The first-order valence-electron chi connectivity index (χ1n) is 5.18. The Bertz CT molecular complexity index is 256. The van der Waals surface area contributed by atoms with Gasteiger partial charge in [0.25, 0.3) is 0 Å². The topological polar surface area (TPSA) is 26.2 Å². The van der Waals surface area contributed by atoms with Crippen LogP contribution in [-0.2, 0) is 18.0 Å². The molecule has 0 aliphatic heterocycles. The smallest absolute Gasteiger partial charge is 0.122 e. The molecule has 1 heterocycles. The van der Waals surface area contributed by atoms with Gasteiger partial charge in [0.15, 0.2) is 0 Å². The summed E-state index contributed by atoms with van der Waals surface area (Å²) in [7, 11) is 0. The number of hydrogen-bond acceptors (Lipinski definition) is 2. The molecule has 0 atom stereocenters. The van der Waals surface area contributed by atoms with E-state index in [0.717, 1.165) is 13.2 Å². The molecule has 0 aliphatic carbocycles. The maximum absolute atomic E-state index is 5.30. The molecule has 80 valence electrons. The zero-order chi connectivity index (χ0) is 10.4. The number of nitrogens with one attached hydrogen (secondary N) is 1. The van der Waals surface area contributed by atoms with Crippen molar-refractivity contribution in [1.82, 2.24) is 9.88 Å². The highest BCUT2D eigenvalue weighted by Crippen LogP contribution is 2.01. The fraction of sp³-hybridized carbons (Fsp3) is 0.636. The highest BCUT2D eigenvalue weighted by atomic mass is 16.5. The van der Waals surface area contributed by atoms with E-state index < -0.39 is 0 Å². The molecule has 0 bridgehead atoms. The van der Waals surface area contributed by atoms with Gasteiger partial charge >= 0.3 is 0 Å². The van der Waals surface area contributed by atoms with Gasteiger partial charge in [0.05, 0.1) is 0 Å². The van der Waals surface area contributed by atoms with Crippen molar-refractivity contribution in [3.05, 3.63) is 24.0 Å². The molecular formula is C11H20N2O. The van der Waals surface area contributed by atoms with Crippen LogP contribution in [0.25, 0.3) is 0 Å². The SMILES string of the molecule is CCOCn1ccc(CNC(C)C)c1. The summed E-state index contributed by atoms with van der Waals surface area (Å²) >= 11 is 0. The van der Waals surface area contributed by atoms with E-state index in [9.17, 15) is 0 Å². The first-order chi connectivity index (χ1) is 6.72. The lowest BCUT2D eigenvalue weighted by molar-refractivity contribution is 0.0880. The van der Waals surface area contributed by atoms with Crippen molar-refractivity contribution in [2.24, 2.45) is 0 Å². The Labute approximate surface area is 86.1 Å². The highest BCUT2D eigenvalue weighted by molar-refractivity contribution is 5.09. The second kappa shape index (κ2) is 5.83. The number of aromatic nitrogens is 1. The molecular weight excluding hydrogens is 176 g/mol. The summed E-state index contributed by atoms with van der Waals surface area (Å²) in [6.07, 6.45) is 4.16. The third-order valence-electron chi connectivity index (χ3n) is 1.97. The summed E-state index contributed by atoms with van der Waals surface area (Å²) in [6.45, 7) is 8.64. The predicted molar refractivity (Wildman–Crippen MR) is 58.0 cm³/mol. The lowest BCUT2D eigenvalue weighted by Gasteiger charge is -2.06. The van der Waals surface area contributed by atoms with E-state index in [2.05, 4.69) is 36.0 Å². The average Bonchev–Trinajstić information content (AvgIpc) is 2.59. The molecule has 0 unspecified atom stereocenters. The summed E-state index contributed by atoms with van der Waals surface area (Å²) in [5.74, 6) is 0. The normalized spacial score (nSPS) is 11.1. The Hall–Kier alpha value is -0.800. The molecule has 0 fully saturated rings. The summed E-state index contributed by atoms with van der Waals surface area (Å²) in [5.41, 5.74) is 1.30. The molecule has 14 heavy (non-hydrogen) atoms. The first kappa shape index (κ1) is 11.3. The van der Waals surface area contributed by atoms with Crippen molar-refractivity contribution in [2.45, 2.75) is 40.1 Å². The molecule has 1 aromatic heterocycles. The lowest BCUT2D eigenvalue weighted by Crippen LogP contribution is -2.21. The van der Waals surface area contributed by atoms with Crippen LogP contribution in [0.5, 0.6) is 0 Å². The fourth-order valence-corrected chi connectivity index (χ4v) is 1.19. The lowest BCUT2D eigenvalue weighted by atomic mass is 10.3. The van der Waals surface area contributed by atoms with Crippen molar-refractivity contribution in [3.8, 4) is 0 Å². The minimum Gasteiger partial charge on any atom is -0.361 e. The van der Waals surface area contributed by atoms with Gasteiger partial charge in [-0.2, -0.15) is 0 Å². The minimum atomic E-state index is 0.533. The summed E-state index contributed by atoms with van der Waals surface area (Å²) < 4.78 is 7.36. The molecule has 3 heteroatoms. The van der Waals surface area contributed by atoms with Crippen LogP contribution in [-0.4, -0.2) is 17.2 Å². The van der Waals surface area contributed by atoms with Crippen LogP contribution in [0.1, 0.15) is 26.3 Å². The van der Waals surface area contributed by atoms with Gasteiger partial charge in [-0.15, -0.1) is 0 Å². The Morgan fingerprint density at radius 2 is 2.29 bits per heavy atom. The van der Waals surface area contributed by atoms with Gasteiger partial charge in [-0.3, -0.25) is 0 Å². The van der Waals surface area contributed by atoms with Crippen molar-refractivity contribution < 1.29 is 4.74 Å². The number of nitrogens with zero attached hydrogens (tertiary/aromatic N) is 1. The Kier molecular flexibility index (Phi) is 4.70. The second-order valence-corrected chi connectivity index (χ2v) is 3.69. The number of ether oxygens (including phenoxy) is 1.